The smallest absolute Gasteiger partial charge is 0.310 e. The van der Waals surface area contributed by atoms with Crippen molar-refractivity contribution in [3.05, 3.63) is 28.8 Å². The number of hydrogen-bond donors (Lipinski definition) is 1. The van der Waals surface area contributed by atoms with Gasteiger partial charge >= 0.3 is 5.97 Å². The van der Waals surface area contributed by atoms with Crippen molar-refractivity contribution in [3.63, 3.8) is 0 Å². The number of fused-ring (bicyclic) bond motifs is 3. The molecule has 0 saturated heterocycles. The average Bonchev–Trinajstić information content (AvgIpc) is 2.87. The summed E-state index contributed by atoms with van der Waals surface area (Å²) < 4.78 is 5.94. The Balaban J connectivity index is 0.000000704. The van der Waals surface area contributed by atoms with Crippen LogP contribution in [0.5, 0.6) is 5.75 Å². The lowest BCUT2D eigenvalue weighted by molar-refractivity contribution is -0.149. The number of rotatable bonds is 1. The standard InChI is InChI=1S/C15H18O3.C2H6/c1-15(2)12(14(16)17)8-11-10-5-3-4-9(10)6-7-13(11)18-15;1-2/h6-7,12H,3-5,8H2,1-2H3,(H,16,17);1-2H3. The van der Waals surface area contributed by atoms with E-state index >= 15 is 0 Å². The zero-order valence-electron chi connectivity index (χ0n) is 12.8. The normalized spacial score (nSPS) is 21.9. The first kappa shape index (κ1) is 14.9. The van der Waals surface area contributed by atoms with E-state index in [0.717, 1.165) is 24.2 Å². The summed E-state index contributed by atoms with van der Waals surface area (Å²) in [5.41, 5.74) is 3.22. The molecule has 1 aromatic rings. The number of aliphatic carboxylic acids is 1. The molecule has 1 aromatic carbocycles. The number of carboxylic acid groups (broad SMARTS) is 1. The van der Waals surface area contributed by atoms with Gasteiger partial charge in [0.05, 0.1) is 5.92 Å². The molecule has 1 aliphatic carbocycles. The van der Waals surface area contributed by atoms with E-state index in [-0.39, 0.29) is 0 Å². The minimum Gasteiger partial charge on any atom is -0.487 e. The molecule has 110 valence electrons. The Labute approximate surface area is 121 Å². The Morgan fingerprint density at radius 1 is 1.25 bits per heavy atom. The van der Waals surface area contributed by atoms with Gasteiger partial charge in [-0.3, -0.25) is 4.79 Å². The highest BCUT2D eigenvalue weighted by Crippen LogP contribution is 2.41. The van der Waals surface area contributed by atoms with Gasteiger partial charge in [0.1, 0.15) is 11.4 Å². The number of carboxylic acids is 1. The predicted molar refractivity (Wildman–Crippen MR) is 79.4 cm³/mol. The molecule has 0 amide bonds. The summed E-state index contributed by atoms with van der Waals surface area (Å²) in [4.78, 5) is 11.4. The monoisotopic (exact) mass is 276 g/mol. The molecule has 1 heterocycles. The van der Waals surface area contributed by atoms with Crippen LogP contribution >= 0.6 is 0 Å². The topological polar surface area (TPSA) is 46.5 Å². The van der Waals surface area contributed by atoms with E-state index in [0.29, 0.717) is 6.42 Å². The van der Waals surface area contributed by atoms with Gasteiger partial charge < -0.3 is 9.84 Å². The van der Waals surface area contributed by atoms with E-state index in [2.05, 4.69) is 6.07 Å². The zero-order valence-corrected chi connectivity index (χ0v) is 12.8. The predicted octanol–water partition coefficient (Wildman–Crippen LogP) is 3.62. The van der Waals surface area contributed by atoms with E-state index in [9.17, 15) is 9.90 Å². The van der Waals surface area contributed by atoms with Crippen LogP contribution in [0.25, 0.3) is 0 Å². The molecule has 0 radical (unpaired) electrons. The largest absolute Gasteiger partial charge is 0.487 e. The number of aryl methyl sites for hydroxylation is 1. The van der Waals surface area contributed by atoms with Gasteiger partial charge in [-0.05, 0) is 62.3 Å². The first-order valence-electron chi connectivity index (χ1n) is 7.54. The zero-order chi connectivity index (χ0) is 14.9. The third kappa shape index (κ3) is 2.41. The number of ether oxygens (including phenoxy) is 1. The van der Waals surface area contributed by atoms with Crippen LogP contribution in [0.4, 0.5) is 0 Å². The molecule has 3 heteroatoms. The molecular weight excluding hydrogens is 252 g/mol. The minimum atomic E-state index is -0.763. The number of benzene rings is 1. The summed E-state index contributed by atoms with van der Waals surface area (Å²) in [6, 6.07) is 4.15. The van der Waals surface area contributed by atoms with Crippen molar-refractivity contribution in [1.29, 1.82) is 0 Å². The Bertz CT molecular complexity index is 517. The Hall–Kier alpha value is -1.51. The van der Waals surface area contributed by atoms with E-state index in [1.54, 1.807) is 0 Å². The Kier molecular flexibility index (Phi) is 4.07. The quantitative estimate of drug-likeness (QED) is 0.852. The summed E-state index contributed by atoms with van der Waals surface area (Å²) in [5, 5.41) is 9.37. The summed E-state index contributed by atoms with van der Waals surface area (Å²) >= 11 is 0. The first-order chi connectivity index (χ1) is 9.49. The SMILES string of the molecule is CC.CC1(C)Oc2ccc3c(c2CC1C(=O)O)CCC3. The first-order valence-corrected chi connectivity index (χ1v) is 7.54. The minimum absolute atomic E-state index is 0.461. The Morgan fingerprint density at radius 3 is 2.60 bits per heavy atom. The fourth-order valence-electron chi connectivity index (χ4n) is 3.23. The molecule has 3 nitrogen and oxygen atoms in total. The van der Waals surface area contributed by atoms with E-state index in [4.69, 9.17) is 4.74 Å². The van der Waals surface area contributed by atoms with Crippen LogP contribution in [0.15, 0.2) is 12.1 Å². The molecule has 0 spiro atoms. The van der Waals surface area contributed by atoms with E-state index < -0.39 is 17.5 Å². The molecule has 3 rings (SSSR count). The second kappa shape index (κ2) is 5.47. The molecule has 20 heavy (non-hydrogen) atoms. The highest BCUT2D eigenvalue weighted by atomic mass is 16.5. The lowest BCUT2D eigenvalue weighted by atomic mass is 9.80. The van der Waals surface area contributed by atoms with Crippen LogP contribution in [-0.2, 0) is 24.1 Å². The van der Waals surface area contributed by atoms with Crippen molar-refractivity contribution >= 4 is 5.97 Å². The summed E-state index contributed by atoms with van der Waals surface area (Å²) in [6.07, 6.45) is 3.95. The molecule has 1 atom stereocenters. The van der Waals surface area contributed by atoms with Crippen molar-refractivity contribution in [3.8, 4) is 5.75 Å². The van der Waals surface area contributed by atoms with Crippen molar-refractivity contribution in [2.24, 2.45) is 5.92 Å². The van der Waals surface area contributed by atoms with Crippen LogP contribution in [0.1, 0.15) is 50.8 Å². The van der Waals surface area contributed by atoms with Crippen molar-refractivity contribution in [2.75, 3.05) is 0 Å². The molecule has 1 unspecified atom stereocenters. The van der Waals surface area contributed by atoms with Gasteiger partial charge in [0.2, 0.25) is 0 Å². The van der Waals surface area contributed by atoms with Crippen molar-refractivity contribution in [2.45, 2.75) is 59.0 Å². The van der Waals surface area contributed by atoms with Gasteiger partial charge in [0.15, 0.2) is 0 Å². The fraction of sp³-hybridized carbons (Fsp3) is 0.588. The molecule has 0 bridgehead atoms. The van der Waals surface area contributed by atoms with Crippen molar-refractivity contribution < 1.29 is 14.6 Å². The number of hydrogen-bond acceptors (Lipinski definition) is 2. The van der Waals surface area contributed by atoms with Crippen LogP contribution in [-0.4, -0.2) is 16.7 Å². The highest BCUT2D eigenvalue weighted by Gasteiger charge is 2.42. The maximum Gasteiger partial charge on any atom is 0.310 e. The maximum absolute atomic E-state index is 11.4. The summed E-state index contributed by atoms with van der Waals surface area (Å²) in [5.74, 6) is -0.337. The van der Waals surface area contributed by atoms with Crippen molar-refractivity contribution in [1.82, 2.24) is 0 Å². The van der Waals surface area contributed by atoms with Gasteiger partial charge in [-0.15, -0.1) is 0 Å². The molecule has 0 aromatic heterocycles. The Morgan fingerprint density at radius 2 is 1.95 bits per heavy atom. The summed E-state index contributed by atoms with van der Waals surface area (Å²) in [6.45, 7) is 7.73. The second-order valence-electron chi connectivity index (χ2n) is 5.83. The molecular formula is C17H24O3. The maximum atomic E-state index is 11.4. The van der Waals surface area contributed by atoms with Crippen LogP contribution in [0.2, 0.25) is 0 Å². The lowest BCUT2D eigenvalue weighted by Gasteiger charge is -2.38. The third-order valence-electron chi connectivity index (χ3n) is 4.28. The fourth-order valence-corrected chi connectivity index (χ4v) is 3.23. The molecule has 0 fully saturated rings. The molecule has 2 aliphatic rings. The van der Waals surface area contributed by atoms with Crippen LogP contribution in [0.3, 0.4) is 0 Å². The molecule has 0 saturated carbocycles. The molecule has 1 aliphatic heterocycles. The van der Waals surface area contributed by atoms with Gasteiger partial charge in [-0.25, -0.2) is 0 Å². The average molecular weight is 276 g/mol. The van der Waals surface area contributed by atoms with E-state index in [1.807, 2.05) is 33.8 Å². The summed E-state index contributed by atoms with van der Waals surface area (Å²) in [7, 11) is 0. The second-order valence-corrected chi connectivity index (χ2v) is 5.83. The van der Waals surface area contributed by atoms with E-state index in [1.165, 1.54) is 17.5 Å². The van der Waals surface area contributed by atoms with Gasteiger partial charge in [-0.2, -0.15) is 0 Å². The van der Waals surface area contributed by atoms with Gasteiger partial charge in [-0.1, -0.05) is 19.9 Å². The van der Waals surface area contributed by atoms with Gasteiger partial charge in [0.25, 0.3) is 0 Å². The molecule has 1 N–H and O–H groups in total. The van der Waals surface area contributed by atoms with Crippen LogP contribution in [0, 0.1) is 5.92 Å². The van der Waals surface area contributed by atoms with Crippen LogP contribution < -0.4 is 4.74 Å². The lowest BCUT2D eigenvalue weighted by Crippen LogP contribution is -2.46. The third-order valence-corrected chi connectivity index (χ3v) is 4.28. The van der Waals surface area contributed by atoms with Gasteiger partial charge in [0, 0.05) is 0 Å². The highest BCUT2D eigenvalue weighted by molar-refractivity contribution is 5.73. The number of carbonyl (C=O) groups is 1.